The van der Waals surface area contributed by atoms with Crippen molar-refractivity contribution >= 4 is 58.2 Å². The van der Waals surface area contributed by atoms with Crippen molar-refractivity contribution in [3.63, 3.8) is 0 Å². The van der Waals surface area contributed by atoms with E-state index in [2.05, 4.69) is 0 Å². The lowest BCUT2D eigenvalue weighted by atomic mass is 10.0. The molecule has 0 unspecified atom stereocenters. The number of aliphatic carboxylic acids is 1. The fraction of sp³-hybridized carbons (Fsp3) is 0.111. The van der Waals surface area contributed by atoms with Crippen LogP contribution in [0.15, 0.2) is 91.0 Å². The lowest BCUT2D eigenvalue weighted by molar-refractivity contribution is -0.136. The molecule has 0 fully saturated rings. The average Bonchev–Trinajstić information content (AvgIpc) is 3.02. The van der Waals surface area contributed by atoms with Gasteiger partial charge in [0.05, 0.1) is 33.6 Å². The van der Waals surface area contributed by atoms with Crippen molar-refractivity contribution in [3.8, 4) is 51.4 Å². The third kappa shape index (κ3) is 9.71. The molecule has 0 atom stereocenters. The number of Topliss-reactive ketones (excluding diaryl/α,β-unsaturated/α-hetero) is 1. The third-order valence-electron chi connectivity index (χ3n) is 6.57. The van der Waals surface area contributed by atoms with Gasteiger partial charge in [-0.15, -0.1) is 0 Å². The highest BCUT2D eigenvalue weighted by atomic mass is 35.5. The highest BCUT2D eigenvalue weighted by Crippen LogP contribution is 2.41. The number of carboxylic acids is 1. The average molecular weight is 730 g/mol. The molecule has 248 valence electrons. The molecule has 0 aliphatic carbocycles. The van der Waals surface area contributed by atoms with Crippen molar-refractivity contribution in [1.29, 1.82) is 0 Å². The summed E-state index contributed by atoms with van der Waals surface area (Å²) in [6.45, 7) is 1.49. The third-order valence-corrected chi connectivity index (χ3v) is 7.69. The van der Waals surface area contributed by atoms with Crippen LogP contribution < -0.4 is 14.2 Å². The molecule has 0 spiro atoms. The van der Waals surface area contributed by atoms with Gasteiger partial charge in [-0.3, -0.25) is 9.59 Å². The van der Waals surface area contributed by atoms with Gasteiger partial charge >= 0.3 is 5.97 Å². The summed E-state index contributed by atoms with van der Waals surface area (Å²) in [4.78, 5) is 22.0. The smallest absolute Gasteiger partial charge is 0.307 e. The number of benzene rings is 5. The Balaban J connectivity index is 0.000000220. The summed E-state index contributed by atoms with van der Waals surface area (Å²) in [6, 6.07) is 25.1. The molecule has 8 nitrogen and oxygen atoms in total. The van der Waals surface area contributed by atoms with E-state index in [9.17, 15) is 19.8 Å². The van der Waals surface area contributed by atoms with Crippen molar-refractivity contribution in [2.24, 2.45) is 0 Å². The van der Waals surface area contributed by atoms with Crippen LogP contribution in [-0.4, -0.2) is 34.2 Å². The molecule has 5 aromatic carbocycles. The molecule has 5 rings (SSSR count). The van der Waals surface area contributed by atoms with Crippen molar-refractivity contribution in [3.05, 3.63) is 122 Å². The first-order valence-electron chi connectivity index (χ1n) is 14.1. The van der Waals surface area contributed by atoms with E-state index >= 15 is 0 Å². The largest absolute Gasteiger partial charge is 0.507 e. The Morgan fingerprint density at radius 1 is 0.646 bits per heavy atom. The van der Waals surface area contributed by atoms with Gasteiger partial charge in [0.1, 0.15) is 23.0 Å². The zero-order valence-electron chi connectivity index (χ0n) is 25.5. The van der Waals surface area contributed by atoms with E-state index in [0.717, 1.165) is 5.56 Å². The van der Waals surface area contributed by atoms with Gasteiger partial charge in [-0.25, -0.2) is 0 Å². The molecule has 0 saturated heterocycles. The van der Waals surface area contributed by atoms with E-state index in [-0.39, 0.29) is 51.7 Å². The van der Waals surface area contributed by atoms with Crippen LogP contribution in [0.1, 0.15) is 18.1 Å². The molecule has 0 radical (unpaired) electrons. The Morgan fingerprint density at radius 3 is 1.62 bits per heavy atom. The molecule has 0 heterocycles. The summed E-state index contributed by atoms with van der Waals surface area (Å²) < 4.78 is 16.4. The maximum Gasteiger partial charge on any atom is 0.307 e. The molecular weight excluding hydrogens is 702 g/mol. The van der Waals surface area contributed by atoms with Crippen LogP contribution in [0.5, 0.6) is 40.2 Å². The van der Waals surface area contributed by atoms with E-state index < -0.39 is 5.97 Å². The number of methoxy groups -OCH3 is 1. The lowest BCUT2D eigenvalue weighted by Gasteiger charge is -2.13. The minimum Gasteiger partial charge on any atom is -0.507 e. The van der Waals surface area contributed by atoms with Crippen LogP contribution in [0.25, 0.3) is 11.1 Å². The van der Waals surface area contributed by atoms with Gasteiger partial charge in [0.25, 0.3) is 0 Å². The van der Waals surface area contributed by atoms with Gasteiger partial charge in [0, 0.05) is 18.1 Å². The van der Waals surface area contributed by atoms with Gasteiger partial charge in [-0.1, -0.05) is 76.7 Å². The van der Waals surface area contributed by atoms with Crippen LogP contribution in [0.2, 0.25) is 20.1 Å². The zero-order chi connectivity index (χ0) is 35.0. The summed E-state index contributed by atoms with van der Waals surface area (Å²) in [6.07, 6.45) is 0.0696. The predicted octanol–water partition coefficient (Wildman–Crippen LogP) is 10.4. The summed E-state index contributed by atoms with van der Waals surface area (Å²) >= 11 is 24.7. The van der Waals surface area contributed by atoms with Crippen LogP contribution in [0.3, 0.4) is 0 Å². The number of ketones is 1. The first kappa shape index (κ1) is 36.2. The Bertz CT molecular complexity index is 1900. The fourth-order valence-corrected chi connectivity index (χ4v) is 5.70. The molecular formula is C36H28Cl4O8. The number of phenols is 2. The van der Waals surface area contributed by atoms with E-state index in [1.54, 1.807) is 36.4 Å². The molecule has 0 saturated carbocycles. The second-order valence-electron chi connectivity index (χ2n) is 10.3. The van der Waals surface area contributed by atoms with Gasteiger partial charge < -0.3 is 29.5 Å². The van der Waals surface area contributed by atoms with Gasteiger partial charge in [0.2, 0.25) is 0 Å². The number of aromatic hydroxyl groups is 2. The number of phenolic OH excluding ortho intramolecular Hbond substituents is 2. The lowest BCUT2D eigenvalue weighted by Crippen LogP contribution is -2.00. The number of carboxylic acid groups (broad SMARTS) is 1. The van der Waals surface area contributed by atoms with Crippen LogP contribution in [-0.2, 0) is 22.4 Å². The van der Waals surface area contributed by atoms with E-state index in [0.29, 0.717) is 44.0 Å². The first-order valence-corrected chi connectivity index (χ1v) is 15.6. The molecule has 3 N–H and O–H groups in total. The molecule has 0 aliphatic heterocycles. The maximum absolute atomic E-state index is 11.2. The zero-order valence-corrected chi connectivity index (χ0v) is 28.5. The standard InChI is InChI=1S/C20H14Cl2O4.C16H14Cl2O4/c21-16-8-12(10-19(24)25)9-17(22)20(16)26-14-6-7-18(23)15(11-14)13-4-2-1-3-5-13;1-9(19)5-10-6-12(17)16(13(18)7-10)22-11-3-4-15(21-2)14(20)8-11/h1-9,11,23H,10H2,(H,24,25);3-4,6-8,20H,5H2,1-2H3. The topological polar surface area (TPSA) is 123 Å². The number of hydrogen-bond donors (Lipinski definition) is 3. The van der Waals surface area contributed by atoms with Crippen LogP contribution in [0.4, 0.5) is 0 Å². The highest BCUT2D eigenvalue weighted by molar-refractivity contribution is 6.38. The molecule has 12 heteroatoms. The van der Waals surface area contributed by atoms with Crippen molar-refractivity contribution in [2.45, 2.75) is 19.8 Å². The maximum atomic E-state index is 11.2. The Morgan fingerprint density at radius 2 is 1.15 bits per heavy atom. The minimum atomic E-state index is -0.975. The van der Waals surface area contributed by atoms with Crippen LogP contribution in [0, 0.1) is 0 Å². The minimum absolute atomic E-state index is 0.0147. The molecule has 0 aromatic heterocycles. The summed E-state index contributed by atoms with van der Waals surface area (Å²) in [5.41, 5.74) is 2.64. The van der Waals surface area contributed by atoms with Crippen molar-refractivity contribution in [1.82, 2.24) is 0 Å². The Labute approximate surface area is 296 Å². The molecule has 5 aromatic rings. The second-order valence-corrected chi connectivity index (χ2v) is 11.9. The number of hydrogen-bond acceptors (Lipinski definition) is 7. The summed E-state index contributed by atoms with van der Waals surface area (Å²) in [7, 11) is 1.46. The van der Waals surface area contributed by atoms with Gasteiger partial charge in [-0.05, 0) is 78.2 Å². The molecule has 0 bridgehead atoms. The fourth-order valence-electron chi connectivity index (χ4n) is 4.48. The monoisotopic (exact) mass is 728 g/mol. The summed E-state index contributed by atoms with van der Waals surface area (Å²) in [5, 5.41) is 29.7. The highest BCUT2D eigenvalue weighted by Gasteiger charge is 2.15. The van der Waals surface area contributed by atoms with Crippen LogP contribution >= 0.6 is 46.4 Å². The van der Waals surface area contributed by atoms with Crippen molar-refractivity contribution < 1.29 is 39.1 Å². The van der Waals surface area contributed by atoms with Gasteiger partial charge in [-0.2, -0.15) is 0 Å². The normalized spacial score (nSPS) is 10.5. The quantitative estimate of drug-likeness (QED) is 0.130. The summed E-state index contributed by atoms with van der Waals surface area (Å²) in [5.74, 6) is 0.738. The SMILES string of the molecule is COc1ccc(Oc2c(Cl)cc(CC(C)=O)cc2Cl)cc1O.O=C(O)Cc1cc(Cl)c(Oc2ccc(O)c(-c3ccccc3)c2)c(Cl)c1. The predicted molar refractivity (Wildman–Crippen MR) is 187 cm³/mol. The van der Waals surface area contributed by atoms with E-state index in [1.165, 1.54) is 38.3 Å². The number of ether oxygens (including phenoxy) is 3. The molecule has 0 amide bonds. The first-order chi connectivity index (χ1) is 22.8. The number of halogens is 4. The molecule has 0 aliphatic rings. The number of carbonyl (C=O) groups is 2. The van der Waals surface area contributed by atoms with E-state index in [1.807, 2.05) is 30.3 Å². The van der Waals surface area contributed by atoms with Gasteiger partial charge in [0.15, 0.2) is 23.0 Å². The van der Waals surface area contributed by atoms with E-state index in [4.69, 9.17) is 65.7 Å². The second kappa shape index (κ2) is 16.5. The Kier molecular flexibility index (Phi) is 12.4. The number of carbonyl (C=O) groups excluding carboxylic acids is 1. The Hall–Kier alpha value is -4.60. The molecule has 48 heavy (non-hydrogen) atoms. The number of rotatable bonds is 10. The van der Waals surface area contributed by atoms with Crippen molar-refractivity contribution in [2.75, 3.05) is 7.11 Å².